The first kappa shape index (κ1) is 16.6. The zero-order valence-corrected chi connectivity index (χ0v) is 13.1. The molecular formula is C13H26N2O3S. The van der Waals surface area contributed by atoms with Crippen LogP contribution < -0.4 is 5.32 Å². The Morgan fingerprint density at radius 2 is 2.05 bits per heavy atom. The maximum atomic E-state index is 11.8. The minimum absolute atomic E-state index is 0.200. The number of nitrogens with zero attached hydrogens (tertiary/aromatic N) is 1. The molecule has 1 rings (SSSR count). The van der Waals surface area contributed by atoms with Gasteiger partial charge in [-0.05, 0) is 32.9 Å². The van der Waals surface area contributed by atoms with Crippen LogP contribution in [-0.2, 0) is 20.3 Å². The van der Waals surface area contributed by atoms with Crippen molar-refractivity contribution in [2.45, 2.75) is 32.2 Å². The second-order valence-corrected chi connectivity index (χ2v) is 6.84. The number of hydrogen-bond acceptors (Lipinski definition) is 5. The molecule has 0 aromatic carbocycles. The first-order valence-electron chi connectivity index (χ1n) is 6.92. The van der Waals surface area contributed by atoms with Gasteiger partial charge in [0.2, 0.25) is 0 Å². The topological polar surface area (TPSA) is 58.6 Å². The molecule has 0 radical (unpaired) electrons. The van der Waals surface area contributed by atoms with Crippen LogP contribution in [0.3, 0.4) is 0 Å². The molecule has 0 aromatic heterocycles. The highest BCUT2D eigenvalue weighted by atomic mass is 32.2. The van der Waals surface area contributed by atoms with Crippen LogP contribution in [0.5, 0.6) is 0 Å². The number of carbonyl (C=O) groups is 1. The largest absolute Gasteiger partial charge is 0.468 e. The predicted molar refractivity (Wildman–Crippen MR) is 77.6 cm³/mol. The van der Waals surface area contributed by atoms with Crippen molar-refractivity contribution in [1.29, 1.82) is 0 Å². The van der Waals surface area contributed by atoms with E-state index >= 15 is 0 Å². The van der Waals surface area contributed by atoms with Gasteiger partial charge in [0.15, 0.2) is 0 Å². The molecule has 6 heteroatoms. The van der Waals surface area contributed by atoms with Crippen LogP contribution >= 0.6 is 0 Å². The molecule has 0 bridgehead atoms. The summed E-state index contributed by atoms with van der Waals surface area (Å²) in [5.74, 6) is 1.36. The van der Waals surface area contributed by atoms with Crippen molar-refractivity contribution in [3.8, 4) is 0 Å². The van der Waals surface area contributed by atoms with Crippen LogP contribution in [0.1, 0.15) is 26.7 Å². The number of rotatable bonds is 7. The highest BCUT2D eigenvalue weighted by Crippen LogP contribution is 2.15. The summed E-state index contributed by atoms with van der Waals surface area (Å²) in [4.78, 5) is 14.1. The Kier molecular flexibility index (Phi) is 6.96. The van der Waals surface area contributed by atoms with Gasteiger partial charge in [0, 0.05) is 35.4 Å². The van der Waals surface area contributed by atoms with E-state index < -0.39 is 16.3 Å². The highest BCUT2D eigenvalue weighted by Gasteiger charge is 2.32. The average molecular weight is 290 g/mol. The summed E-state index contributed by atoms with van der Waals surface area (Å²) in [5.41, 5.74) is -0.595. The van der Waals surface area contributed by atoms with E-state index in [0.717, 1.165) is 50.5 Å². The number of esters is 1. The smallest absolute Gasteiger partial charge is 0.325 e. The van der Waals surface area contributed by atoms with Gasteiger partial charge in [-0.1, -0.05) is 6.92 Å². The predicted octanol–water partition coefficient (Wildman–Crippen LogP) is 0.372. The van der Waals surface area contributed by atoms with E-state index in [9.17, 15) is 9.00 Å². The van der Waals surface area contributed by atoms with Crippen molar-refractivity contribution in [2.75, 3.05) is 44.8 Å². The quantitative estimate of drug-likeness (QED) is 0.687. The van der Waals surface area contributed by atoms with Crippen molar-refractivity contribution in [3.63, 3.8) is 0 Å². The number of hydrogen-bond donors (Lipinski definition) is 1. The number of carbonyl (C=O) groups excluding carboxylic acids is 1. The van der Waals surface area contributed by atoms with E-state index in [1.165, 1.54) is 7.11 Å². The number of methoxy groups -OCH3 is 1. The fourth-order valence-electron chi connectivity index (χ4n) is 2.43. The summed E-state index contributed by atoms with van der Waals surface area (Å²) in [6.07, 6.45) is 1.69. The van der Waals surface area contributed by atoms with Gasteiger partial charge < -0.3 is 15.0 Å². The van der Waals surface area contributed by atoms with Gasteiger partial charge in [-0.25, -0.2) is 0 Å². The standard InChI is InChI=1S/C13H26N2O3S/c1-4-14-13(2,12(16)18-3)6-5-7-15-8-10-19(17)11-9-15/h14H,4-11H2,1-3H3. The highest BCUT2D eigenvalue weighted by molar-refractivity contribution is 7.85. The number of likely N-dealkylation sites (N-methyl/N-ethyl adjacent to an activating group) is 1. The SMILES string of the molecule is CCNC(C)(CCCN1CCS(=O)CC1)C(=O)OC. The second kappa shape index (κ2) is 7.97. The third-order valence-corrected chi connectivity index (χ3v) is 4.90. The van der Waals surface area contributed by atoms with Gasteiger partial charge in [0.05, 0.1) is 7.11 Å². The first-order chi connectivity index (χ1) is 9.01. The van der Waals surface area contributed by atoms with E-state index in [1.54, 1.807) is 0 Å². The van der Waals surface area contributed by atoms with E-state index in [4.69, 9.17) is 4.74 Å². The van der Waals surface area contributed by atoms with Gasteiger partial charge >= 0.3 is 5.97 Å². The van der Waals surface area contributed by atoms with Crippen LogP contribution in [0.2, 0.25) is 0 Å². The Hall–Kier alpha value is -0.460. The molecule has 5 nitrogen and oxygen atoms in total. The average Bonchev–Trinajstić information content (AvgIpc) is 2.40. The zero-order chi connectivity index (χ0) is 14.3. The molecule has 1 aliphatic rings. The molecule has 0 amide bonds. The molecule has 1 heterocycles. The Labute approximate surface area is 118 Å². The van der Waals surface area contributed by atoms with Crippen molar-refractivity contribution in [1.82, 2.24) is 10.2 Å². The molecule has 19 heavy (non-hydrogen) atoms. The number of ether oxygens (including phenoxy) is 1. The fraction of sp³-hybridized carbons (Fsp3) is 0.923. The molecule has 0 spiro atoms. The lowest BCUT2D eigenvalue weighted by atomic mass is 9.95. The van der Waals surface area contributed by atoms with Crippen molar-refractivity contribution in [2.24, 2.45) is 0 Å². The molecule has 0 saturated carbocycles. The van der Waals surface area contributed by atoms with E-state index in [2.05, 4.69) is 10.2 Å². The fourth-order valence-corrected chi connectivity index (χ4v) is 3.56. The molecule has 1 unspecified atom stereocenters. The summed E-state index contributed by atoms with van der Waals surface area (Å²) in [6.45, 7) is 7.39. The summed E-state index contributed by atoms with van der Waals surface area (Å²) in [7, 11) is 0.805. The normalized spacial score (nSPS) is 21.0. The second-order valence-electron chi connectivity index (χ2n) is 5.15. The van der Waals surface area contributed by atoms with E-state index in [-0.39, 0.29) is 5.97 Å². The molecule has 0 aliphatic carbocycles. The van der Waals surface area contributed by atoms with Crippen molar-refractivity contribution in [3.05, 3.63) is 0 Å². The molecule has 0 aromatic rings. The Morgan fingerprint density at radius 1 is 1.42 bits per heavy atom. The maximum Gasteiger partial charge on any atom is 0.325 e. The first-order valence-corrected chi connectivity index (χ1v) is 8.41. The third kappa shape index (κ3) is 5.20. The van der Waals surface area contributed by atoms with E-state index in [1.807, 2.05) is 13.8 Å². The van der Waals surface area contributed by atoms with Crippen LogP contribution in [0, 0.1) is 0 Å². The van der Waals surface area contributed by atoms with Crippen LogP contribution in [0.4, 0.5) is 0 Å². The van der Waals surface area contributed by atoms with Gasteiger partial charge in [-0.3, -0.25) is 9.00 Å². The monoisotopic (exact) mass is 290 g/mol. The molecular weight excluding hydrogens is 264 g/mol. The lowest BCUT2D eigenvalue weighted by Crippen LogP contribution is -2.50. The minimum atomic E-state index is -0.623. The third-order valence-electron chi connectivity index (χ3n) is 3.62. The Balaban J connectivity index is 2.36. The summed E-state index contributed by atoms with van der Waals surface area (Å²) in [5, 5.41) is 3.21. The van der Waals surface area contributed by atoms with Gasteiger partial charge in [0.1, 0.15) is 5.54 Å². The van der Waals surface area contributed by atoms with Crippen LogP contribution in [-0.4, -0.2) is 65.4 Å². The molecule has 1 atom stereocenters. The lowest BCUT2D eigenvalue weighted by Gasteiger charge is -2.30. The molecule has 1 fully saturated rings. The lowest BCUT2D eigenvalue weighted by molar-refractivity contribution is -0.148. The van der Waals surface area contributed by atoms with E-state index in [0.29, 0.717) is 0 Å². The van der Waals surface area contributed by atoms with Crippen LogP contribution in [0.15, 0.2) is 0 Å². The van der Waals surface area contributed by atoms with Gasteiger partial charge in [-0.2, -0.15) is 0 Å². The Bertz CT molecular complexity index is 315. The molecule has 1 N–H and O–H groups in total. The summed E-state index contributed by atoms with van der Waals surface area (Å²) in [6, 6.07) is 0. The van der Waals surface area contributed by atoms with Crippen molar-refractivity contribution < 1.29 is 13.7 Å². The Morgan fingerprint density at radius 3 is 2.58 bits per heavy atom. The number of nitrogens with one attached hydrogen (secondary N) is 1. The zero-order valence-electron chi connectivity index (χ0n) is 12.2. The molecule has 1 saturated heterocycles. The summed E-state index contributed by atoms with van der Waals surface area (Å²) < 4.78 is 16.1. The van der Waals surface area contributed by atoms with Crippen molar-refractivity contribution >= 4 is 16.8 Å². The van der Waals surface area contributed by atoms with Crippen LogP contribution in [0.25, 0.3) is 0 Å². The van der Waals surface area contributed by atoms with Gasteiger partial charge in [0.25, 0.3) is 0 Å². The minimum Gasteiger partial charge on any atom is -0.468 e. The summed E-state index contributed by atoms with van der Waals surface area (Å²) >= 11 is 0. The maximum absolute atomic E-state index is 11.8. The molecule has 112 valence electrons. The molecule has 1 aliphatic heterocycles. The van der Waals surface area contributed by atoms with Gasteiger partial charge in [-0.15, -0.1) is 0 Å².